The molecule has 3 atom stereocenters. The monoisotopic (exact) mass is 684 g/mol. The van der Waals surface area contributed by atoms with Crippen molar-refractivity contribution in [3.8, 4) is 17.3 Å². The van der Waals surface area contributed by atoms with Gasteiger partial charge in [-0.3, -0.25) is 14.9 Å². The summed E-state index contributed by atoms with van der Waals surface area (Å²) in [6.07, 6.45) is 5.48. The van der Waals surface area contributed by atoms with Gasteiger partial charge in [0.2, 0.25) is 5.91 Å². The molecule has 0 radical (unpaired) electrons. The molecule has 9 rings (SSSR count). The first-order valence-corrected chi connectivity index (χ1v) is 16.7. The third-order valence-corrected chi connectivity index (χ3v) is 10.7. The number of carbonyl (C=O) groups is 1. The van der Waals surface area contributed by atoms with Crippen molar-refractivity contribution in [1.29, 1.82) is 0 Å². The van der Waals surface area contributed by atoms with E-state index in [2.05, 4.69) is 20.2 Å². The molecule has 1 aliphatic carbocycles. The van der Waals surface area contributed by atoms with Gasteiger partial charge < -0.3 is 24.2 Å². The minimum absolute atomic E-state index is 0.0286. The lowest BCUT2D eigenvalue weighted by atomic mass is 9.92. The second-order valence-corrected chi connectivity index (χ2v) is 14.2. The van der Waals surface area contributed by atoms with Gasteiger partial charge in [0, 0.05) is 61.4 Å². The van der Waals surface area contributed by atoms with Crippen LogP contribution in [0.4, 0.5) is 19.0 Å². The molecular weight excluding hydrogens is 649 g/mol. The molecule has 3 fully saturated rings. The van der Waals surface area contributed by atoms with Gasteiger partial charge in [-0.1, -0.05) is 11.6 Å². The van der Waals surface area contributed by atoms with E-state index in [-0.39, 0.29) is 55.3 Å². The van der Waals surface area contributed by atoms with Gasteiger partial charge in [-0.2, -0.15) is 15.1 Å². The largest absolute Gasteiger partial charge is 0.463 e. The van der Waals surface area contributed by atoms with Gasteiger partial charge in [0.15, 0.2) is 5.82 Å². The van der Waals surface area contributed by atoms with E-state index in [4.69, 9.17) is 26.1 Å². The number of nitrogens with one attached hydrogen (secondary N) is 1. The van der Waals surface area contributed by atoms with Crippen molar-refractivity contribution in [2.75, 3.05) is 65.0 Å². The van der Waals surface area contributed by atoms with E-state index in [9.17, 15) is 13.6 Å². The second-order valence-electron chi connectivity index (χ2n) is 13.8. The zero-order chi connectivity index (χ0) is 33.4. The van der Waals surface area contributed by atoms with E-state index >= 15 is 4.39 Å². The van der Waals surface area contributed by atoms with E-state index in [0.717, 1.165) is 12.8 Å². The first-order chi connectivity index (χ1) is 23.0. The Hall–Kier alpha value is -3.75. The fraction of sp³-hybridized carbons (Fsp3) is 0.545. The average Bonchev–Trinajstić information content (AvgIpc) is 3.41. The van der Waals surface area contributed by atoms with E-state index in [1.165, 1.54) is 0 Å². The molecule has 4 aromatic rings. The van der Waals surface area contributed by atoms with E-state index < -0.39 is 17.2 Å². The van der Waals surface area contributed by atoms with E-state index in [1.54, 1.807) is 37.5 Å². The van der Waals surface area contributed by atoms with Gasteiger partial charge in [0.1, 0.15) is 30.2 Å². The summed E-state index contributed by atoms with van der Waals surface area (Å²) in [5.74, 6) is -2.98. The van der Waals surface area contributed by atoms with Crippen molar-refractivity contribution in [2.24, 2.45) is 11.3 Å². The molecular formula is C33H36ClF3N8O3. The molecule has 1 unspecified atom stereocenters. The zero-order valence-corrected chi connectivity index (χ0v) is 27.5. The van der Waals surface area contributed by atoms with Crippen LogP contribution in [0.2, 0.25) is 5.02 Å². The lowest BCUT2D eigenvalue weighted by Crippen LogP contribution is -2.51. The minimum Gasteiger partial charge on any atom is -0.463 e. The normalized spacial score (nSPS) is 25.4. The molecule has 1 N–H and O–H groups in total. The highest BCUT2D eigenvalue weighted by atomic mass is 35.5. The predicted octanol–water partition coefficient (Wildman–Crippen LogP) is 4.72. The van der Waals surface area contributed by atoms with Crippen LogP contribution in [0.25, 0.3) is 33.1 Å². The predicted molar refractivity (Wildman–Crippen MR) is 173 cm³/mol. The highest BCUT2D eigenvalue weighted by Gasteiger charge is 2.71. The van der Waals surface area contributed by atoms with Crippen LogP contribution in [-0.2, 0) is 16.0 Å². The number of rotatable bonds is 5. The van der Waals surface area contributed by atoms with Crippen LogP contribution in [0.3, 0.4) is 0 Å². The maximum absolute atomic E-state index is 17.0. The van der Waals surface area contributed by atoms with Crippen LogP contribution in [-0.4, -0.2) is 113 Å². The molecule has 6 bridgehead atoms. The fourth-order valence-corrected chi connectivity index (χ4v) is 8.21. The van der Waals surface area contributed by atoms with Crippen molar-refractivity contribution in [3.63, 3.8) is 0 Å². The van der Waals surface area contributed by atoms with Gasteiger partial charge in [-0.05, 0) is 57.3 Å². The smallest absolute Gasteiger partial charge is 0.319 e. The van der Waals surface area contributed by atoms with Crippen molar-refractivity contribution < 1.29 is 27.4 Å². The number of ether oxygens (including phenoxy) is 2. The SMILES string of the molecule is CN(C)C[C@]1(COc2nc3c4cnc(c(F)c4n2)-c2c(c(Cl)cc4[nH]ncc24)CCCOCC(=O)N2CC[C@@H]4CCN3CC42)CC1(F)F. The number of amides is 1. The molecule has 254 valence electrons. The van der Waals surface area contributed by atoms with Gasteiger partial charge in [0.05, 0.1) is 28.6 Å². The zero-order valence-electron chi connectivity index (χ0n) is 26.7. The van der Waals surface area contributed by atoms with Crippen molar-refractivity contribution >= 4 is 45.1 Å². The molecule has 7 heterocycles. The number of piperidine rings is 1. The number of nitrogens with zero attached hydrogens (tertiary/aromatic N) is 7. The molecule has 5 aliphatic rings. The number of fused-ring (bicyclic) bond motifs is 7. The Morgan fingerprint density at radius 3 is 2.79 bits per heavy atom. The van der Waals surface area contributed by atoms with Crippen molar-refractivity contribution in [3.05, 3.63) is 34.9 Å². The number of halogens is 4. The number of aromatic amines is 1. The first-order valence-electron chi connectivity index (χ1n) is 16.3. The molecule has 48 heavy (non-hydrogen) atoms. The summed E-state index contributed by atoms with van der Waals surface area (Å²) in [6, 6.07) is 1.47. The maximum atomic E-state index is 17.0. The number of anilines is 1. The van der Waals surface area contributed by atoms with Crippen molar-refractivity contribution in [2.45, 2.75) is 44.1 Å². The number of pyridine rings is 1. The molecule has 0 spiro atoms. The lowest BCUT2D eigenvalue weighted by molar-refractivity contribution is -0.137. The number of H-pyrrole nitrogens is 1. The molecule has 3 aromatic heterocycles. The third-order valence-electron chi connectivity index (χ3n) is 10.4. The summed E-state index contributed by atoms with van der Waals surface area (Å²) in [7, 11) is 3.47. The fourth-order valence-electron chi connectivity index (χ4n) is 7.92. The number of aromatic nitrogens is 5. The van der Waals surface area contributed by atoms with E-state index in [0.29, 0.717) is 83.3 Å². The summed E-state index contributed by atoms with van der Waals surface area (Å²) in [4.78, 5) is 32.8. The van der Waals surface area contributed by atoms with Crippen LogP contribution in [0.5, 0.6) is 6.01 Å². The Balaban J connectivity index is 1.29. The van der Waals surface area contributed by atoms with Crippen LogP contribution >= 0.6 is 11.6 Å². The number of alkyl halides is 2. The quantitative estimate of drug-likeness (QED) is 0.319. The number of hydrogen-bond donors (Lipinski definition) is 1. The molecule has 1 amide bonds. The van der Waals surface area contributed by atoms with Crippen LogP contribution < -0.4 is 9.64 Å². The highest BCUT2D eigenvalue weighted by molar-refractivity contribution is 6.33. The Labute approximate surface area is 279 Å². The van der Waals surface area contributed by atoms with Gasteiger partial charge >= 0.3 is 6.01 Å². The van der Waals surface area contributed by atoms with Crippen LogP contribution in [0.1, 0.15) is 31.2 Å². The third kappa shape index (κ3) is 5.23. The number of hydrogen-bond acceptors (Lipinski definition) is 9. The summed E-state index contributed by atoms with van der Waals surface area (Å²) in [5, 5.41) is 8.48. The van der Waals surface area contributed by atoms with Crippen LogP contribution in [0.15, 0.2) is 18.5 Å². The van der Waals surface area contributed by atoms with E-state index in [1.807, 2.05) is 9.80 Å². The molecule has 1 saturated carbocycles. The standard InChI is InChI=1S/C33H36ClF3N8O3/c1-43(2)16-32(15-33(32,36)37)17-48-31-40-28-21-11-38-29(27(28)35)26-19(22(34)10-23-20(26)12-39-42-23)4-3-9-47-14-25(46)45-8-6-18-5-7-44(13-24(18)45)30(21)41-31/h10-12,18,24H,3-9,13-17H2,1-2H3,(H,39,42)/t18-,24?,32-/m0/s1. The molecule has 1 aromatic carbocycles. The maximum Gasteiger partial charge on any atom is 0.319 e. The molecule has 4 aliphatic heterocycles. The van der Waals surface area contributed by atoms with Gasteiger partial charge in [-0.15, -0.1) is 0 Å². The molecule has 15 heteroatoms. The van der Waals surface area contributed by atoms with Gasteiger partial charge in [-0.25, -0.2) is 13.2 Å². The molecule has 11 nitrogen and oxygen atoms in total. The summed E-state index contributed by atoms with van der Waals surface area (Å²) in [5.41, 5.74) is 0.335. The van der Waals surface area contributed by atoms with Gasteiger partial charge in [0.25, 0.3) is 5.92 Å². The minimum atomic E-state index is -2.90. The summed E-state index contributed by atoms with van der Waals surface area (Å²) >= 11 is 6.79. The Kier molecular flexibility index (Phi) is 7.68. The Morgan fingerprint density at radius 2 is 2.00 bits per heavy atom. The number of carbonyl (C=O) groups excluding carboxylic acids is 1. The average molecular weight is 685 g/mol. The Bertz CT molecular complexity index is 1920. The van der Waals surface area contributed by atoms with Crippen LogP contribution in [0, 0.1) is 17.2 Å². The summed E-state index contributed by atoms with van der Waals surface area (Å²) in [6.45, 7) is 1.76. The highest BCUT2D eigenvalue weighted by Crippen LogP contribution is 2.60. The number of benzene rings is 1. The van der Waals surface area contributed by atoms with Crippen molar-refractivity contribution in [1.82, 2.24) is 34.9 Å². The molecule has 2 saturated heterocycles. The Morgan fingerprint density at radius 1 is 1.19 bits per heavy atom. The topological polar surface area (TPSA) is 113 Å². The lowest BCUT2D eigenvalue weighted by Gasteiger charge is -2.39. The summed E-state index contributed by atoms with van der Waals surface area (Å²) < 4.78 is 58.1. The second kappa shape index (κ2) is 11.7. The first kappa shape index (κ1) is 31.5.